The molecule has 0 spiro atoms. The van der Waals surface area contributed by atoms with Crippen molar-refractivity contribution in [1.29, 1.82) is 5.26 Å². The van der Waals surface area contributed by atoms with Crippen LogP contribution in [-0.4, -0.2) is 18.5 Å². The smallest absolute Gasteiger partial charge is 0.220 e. The van der Waals surface area contributed by atoms with Crippen molar-refractivity contribution in [3.63, 3.8) is 0 Å². The van der Waals surface area contributed by atoms with E-state index in [1.807, 2.05) is 11.4 Å². The average Bonchev–Trinajstić information content (AvgIpc) is 3.05. The van der Waals surface area contributed by atoms with Crippen molar-refractivity contribution in [3.05, 3.63) is 21.9 Å². The fourth-order valence-corrected chi connectivity index (χ4v) is 2.42. The van der Waals surface area contributed by atoms with E-state index in [4.69, 9.17) is 5.26 Å². The van der Waals surface area contributed by atoms with Gasteiger partial charge in [0.1, 0.15) is 6.07 Å². The Balaban J connectivity index is 1.52. The molecular weight excluding hydrogens is 246 g/mol. The van der Waals surface area contributed by atoms with E-state index in [0.717, 1.165) is 42.8 Å². The van der Waals surface area contributed by atoms with Crippen LogP contribution in [0.1, 0.15) is 36.1 Å². The van der Waals surface area contributed by atoms with E-state index >= 15 is 0 Å². The fourth-order valence-electron chi connectivity index (χ4n) is 1.65. The summed E-state index contributed by atoms with van der Waals surface area (Å²) in [4.78, 5) is 12.6. The summed E-state index contributed by atoms with van der Waals surface area (Å²) in [5, 5.41) is 16.8. The van der Waals surface area contributed by atoms with Crippen LogP contribution in [0.3, 0.4) is 0 Å². The highest BCUT2D eigenvalue weighted by atomic mass is 32.1. The molecule has 2 rings (SSSR count). The van der Waals surface area contributed by atoms with Crippen molar-refractivity contribution in [2.24, 2.45) is 0 Å². The van der Waals surface area contributed by atoms with Crippen LogP contribution in [0.15, 0.2) is 11.4 Å². The lowest BCUT2D eigenvalue weighted by atomic mass is 10.3. The summed E-state index contributed by atoms with van der Waals surface area (Å²) >= 11 is 1.59. The highest BCUT2D eigenvalue weighted by Crippen LogP contribution is 2.18. The highest BCUT2D eigenvalue weighted by Gasteiger charge is 2.22. The standard InChI is InChI=1S/C13H17N3OS/c14-7-10-6-12(18-9-10)8-15-5-1-2-13(17)16-11-3-4-11/h6,9,11,15H,1-5,8H2,(H,16,17). The van der Waals surface area contributed by atoms with Crippen LogP contribution in [0.25, 0.3) is 0 Å². The number of hydrogen-bond donors (Lipinski definition) is 2. The maximum absolute atomic E-state index is 11.4. The maximum Gasteiger partial charge on any atom is 0.220 e. The van der Waals surface area contributed by atoms with Crippen LogP contribution in [0.2, 0.25) is 0 Å². The molecule has 4 nitrogen and oxygen atoms in total. The minimum absolute atomic E-state index is 0.169. The molecule has 0 saturated heterocycles. The van der Waals surface area contributed by atoms with Gasteiger partial charge in [-0.3, -0.25) is 4.79 Å². The third-order valence-corrected chi connectivity index (χ3v) is 3.72. The van der Waals surface area contributed by atoms with Crippen molar-refractivity contribution in [3.8, 4) is 6.07 Å². The Kier molecular flexibility index (Phi) is 4.73. The molecule has 1 saturated carbocycles. The van der Waals surface area contributed by atoms with Gasteiger partial charge in [0, 0.05) is 29.3 Å². The number of nitrogens with zero attached hydrogens (tertiary/aromatic N) is 1. The summed E-state index contributed by atoms with van der Waals surface area (Å²) in [7, 11) is 0. The molecule has 96 valence electrons. The van der Waals surface area contributed by atoms with Gasteiger partial charge in [0.25, 0.3) is 0 Å². The molecule has 0 unspecified atom stereocenters. The van der Waals surface area contributed by atoms with Gasteiger partial charge in [0.15, 0.2) is 0 Å². The van der Waals surface area contributed by atoms with E-state index in [1.54, 1.807) is 11.3 Å². The lowest BCUT2D eigenvalue weighted by Crippen LogP contribution is -2.26. The predicted molar refractivity (Wildman–Crippen MR) is 71.1 cm³/mol. The van der Waals surface area contributed by atoms with Gasteiger partial charge in [0.2, 0.25) is 5.91 Å². The molecule has 0 aliphatic heterocycles. The Morgan fingerprint density at radius 3 is 3.06 bits per heavy atom. The molecule has 0 bridgehead atoms. The minimum atomic E-state index is 0.169. The molecule has 1 aromatic heterocycles. The number of hydrogen-bond acceptors (Lipinski definition) is 4. The molecular formula is C13H17N3OS. The van der Waals surface area contributed by atoms with Gasteiger partial charge in [-0.2, -0.15) is 5.26 Å². The molecule has 0 aromatic carbocycles. The Labute approximate surface area is 111 Å². The van der Waals surface area contributed by atoms with Gasteiger partial charge < -0.3 is 10.6 Å². The predicted octanol–water partition coefficient (Wildman–Crippen LogP) is 1.77. The van der Waals surface area contributed by atoms with Crippen molar-refractivity contribution in [2.75, 3.05) is 6.54 Å². The lowest BCUT2D eigenvalue weighted by Gasteiger charge is -2.04. The summed E-state index contributed by atoms with van der Waals surface area (Å²) < 4.78 is 0. The Morgan fingerprint density at radius 2 is 2.39 bits per heavy atom. The van der Waals surface area contributed by atoms with Crippen LogP contribution in [0.5, 0.6) is 0 Å². The summed E-state index contributed by atoms with van der Waals surface area (Å²) in [6.45, 7) is 1.61. The monoisotopic (exact) mass is 263 g/mol. The zero-order chi connectivity index (χ0) is 12.8. The van der Waals surface area contributed by atoms with Gasteiger partial charge in [0.05, 0.1) is 5.56 Å². The number of amides is 1. The van der Waals surface area contributed by atoms with E-state index in [2.05, 4.69) is 16.7 Å². The zero-order valence-corrected chi connectivity index (χ0v) is 11.1. The second-order valence-corrected chi connectivity index (χ2v) is 5.53. The molecule has 2 N–H and O–H groups in total. The first-order valence-electron chi connectivity index (χ1n) is 6.25. The zero-order valence-electron chi connectivity index (χ0n) is 10.2. The van der Waals surface area contributed by atoms with Crippen LogP contribution in [-0.2, 0) is 11.3 Å². The summed E-state index contributed by atoms with van der Waals surface area (Å²) in [6.07, 6.45) is 3.74. The van der Waals surface area contributed by atoms with E-state index in [0.29, 0.717) is 12.5 Å². The topological polar surface area (TPSA) is 64.9 Å². The number of carbonyl (C=O) groups excluding carboxylic acids is 1. The summed E-state index contributed by atoms with van der Waals surface area (Å²) in [5.74, 6) is 0.169. The highest BCUT2D eigenvalue weighted by molar-refractivity contribution is 7.10. The lowest BCUT2D eigenvalue weighted by molar-refractivity contribution is -0.121. The van der Waals surface area contributed by atoms with Crippen LogP contribution in [0.4, 0.5) is 0 Å². The van der Waals surface area contributed by atoms with E-state index in [-0.39, 0.29) is 5.91 Å². The summed E-state index contributed by atoms with van der Waals surface area (Å²) in [6, 6.07) is 4.48. The summed E-state index contributed by atoms with van der Waals surface area (Å²) in [5.41, 5.74) is 0.723. The number of rotatable bonds is 7. The first kappa shape index (κ1) is 13.1. The van der Waals surface area contributed by atoms with Crippen molar-refractivity contribution in [2.45, 2.75) is 38.3 Å². The largest absolute Gasteiger partial charge is 0.353 e. The minimum Gasteiger partial charge on any atom is -0.353 e. The van der Waals surface area contributed by atoms with Crippen LogP contribution < -0.4 is 10.6 Å². The molecule has 0 atom stereocenters. The normalized spacial score (nSPS) is 14.2. The molecule has 1 heterocycles. The van der Waals surface area contributed by atoms with Gasteiger partial charge in [-0.15, -0.1) is 11.3 Å². The second kappa shape index (κ2) is 6.53. The van der Waals surface area contributed by atoms with E-state index in [9.17, 15) is 4.79 Å². The van der Waals surface area contributed by atoms with E-state index < -0.39 is 0 Å². The molecule has 1 aliphatic carbocycles. The molecule has 1 amide bonds. The molecule has 0 radical (unpaired) electrons. The van der Waals surface area contributed by atoms with Crippen molar-refractivity contribution >= 4 is 17.2 Å². The third kappa shape index (κ3) is 4.47. The Morgan fingerprint density at radius 1 is 1.56 bits per heavy atom. The fraction of sp³-hybridized carbons (Fsp3) is 0.538. The molecule has 1 aliphatic rings. The molecule has 18 heavy (non-hydrogen) atoms. The SMILES string of the molecule is N#Cc1csc(CNCCCC(=O)NC2CC2)c1. The van der Waals surface area contributed by atoms with Gasteiger partial charge in [-0.05, 0) is 31.9 Å². The van der Waals surface area contributed by atoms with Gasteiger partial charge >= 0.3 is 0 Å². The van der Waals surface area contributed by atoms with Crippen LogP contribution in [0, 0.1) is 11.3 Å². The maximum atomic E-state index is 11.4. The Hall–Kier alpha value is -1.38. The second-order valence-electron chi connectivity index (χ2n) is 4.54. The molecule has 1 fully saturated rings. The molecule has 1 aromatic rings. The van der Waals surface area contributed by atoms with Crippen molar-refractivity contribution < 1.29 is 4.79 Å². The van der Waals surface area contributed by atoms with Gasteiger partial charge in [-0.1, -0.05) is 0 Å². The van der Waals surface area contributed by atoms with Crippen LogP contribution >= 0.6 is 11.3 Å². The first-order chi connectivity index (χ1) is 8.78. The quantitative estimate of drug-likeness (QED) is 0.737. The number of nitriles is 1. The van der Waals surface area contributed by atoms with E-state index in [1.165, 1.54) is 0 Å². The number of thiophene rings is 1. The molecule has 5 heteroatoms. The van der Waals surface area contributed by atoms with Gasteiger partial charge in [-0.25, -0.2) is 0 Å². The third-order valence-electron chi connectivity index (χ3n) is 2.78. The number of carbonyl (C=O) groups is 1. The average molecular weight is 263 g/mol. The first-order valence-corrected chi connectivity index (χ1v) is 7.13. The van der Waals surface area contributed by atoms with Crippen molar-refractivity contribution in [1.82, 2.24) is 10.6 Å². The number of nitrogens with one attached hydrogen (secondary N) is 2. The Bertz CT molecular complexity index is 445.